The number of nitrogens with zero attached hydrogens (tertiary/aromatic N) is 1. The van der Waals surface area contributed by atoms with E-state index in [0.29, 0.717) is 5.69 Å². The van der Waals surface area contributed by atoms with Gasteiger partial charge in [-0.15, -0.1) is 0 Å². The first-order chi connectivity index (χ1) is 11.2. The second-order valence-electron chi connectivity index (χ2n) is 5.12. The van der Waals surface area contributed by atoms with E-state index in [1.807, 2.05) is 5.32 Å². The molecule has 2 amide bonds. The number of aromatic amines is 1. The van der Waals surface area contributed by atoms with Crippen LogP contribution in [0.1, 0.15) is 19.0 Å². The van der Waals surface area contributed by atoms with Crippen molar-refractivity contribution in [3.63, 3.8) is 0 Å². The Balaban J connectivity index is 2.53. The van der Waals surface area contributed by atoms with E-state index in [2.05, 4.69) is 15.3 Å². The summed E-state index contributed by atoms with van der Waals surface area (Å²) in [5.41, 5.74) is 6.35. The number of aliphatic carboxylic acids is 2. The van der Waals surface area contributed by atoms with Crippen LogP contribution in [0.4, 0.5) is 0 Å². The molecule has 0 fully saturated rings. The van der Waals surface area contributed by atoms with Crippen molar-refractivity contribution in [2.75, 3.05) is 0 Å². The maximum Gasteiger partial charge on any atom is 0.326 e. The van der Waals surface area contributed by atoms with E-state index in [1.165, 1.54) is 19.4 Å². The number of aromatic nitrogens is 2. The average molecular weight is 341 g/mol. The van der Waals surface area contributed by atoms with Crippen LogP contribution in [0.15, 0.2) is 12.5 Å². The van der Waals surface area contributed by atoms with E-state index >= 15 is 0 Å². The van der Waals surface area contributed by atoms with Gasteiger partial charge in [-0.25, -0.2) is 9.78 Å². The highest BCUT2D eigenvalue weighted by molar-refractivity contribution is 5.92. The highest BCUT2D eigenvalue weighted by Gasteiger charge is 2.27. The van der Waals surface area contributed by atoms with Crippen molar-refractivity contribution in [3.8, 4) is 0 Å². The summed E-state index contributed by atoms with van der Waals surface area (Å²) in [6.45, 7) is 1.33. The van der Waals surface area contributed by atoms with Gasteiger partial charge in [-0.1, -0.05) is 0 Å². The number of hydrogen-bond acceptors (Lipinski definition) is 6. The van der Waals surface area contributed by atoms with Crippen LogP contribution in [0.3, 0.4) is 0 Å². The van der Waals surface area contributed by atoms with E-state index in [4.69, 9.17) is 15.9 Å². The minimum Gasteiger partial charge on any atom is -0.481 e. The van der Waals surface area contributed by atoms with Gasteiger partial charge in [0.25, 0.3) is 0 Å². The molecule has 0 radical (unpaired) electrons. The second kappa shape index (κ2) is 8.62. The number of rotatable bonds is 9. The topological polar surface area (TPSA) is 187 Å². The number of carbonyl (C=O) groups excluding carboxylic acids is 2. The molecule has 0 aliphatic carbocycles. The summed E-state index contributed by atoms with van der Waals surface area (Å²) in [7, 11) is 0. The third-order valence-corrected chi connectivity index (χ3v) is 3.08. The lowest BCUT2D eigenvalue weighted by Gasteiger charge is -2.19. The first-order valence-corrected chi connectivity index (χ1v) is 6.99. The number of carboxylic acids is 2. The van der Waals surface area contributed by atoms with E-state index in [0.717, 1.165) is 0 Å². The minimum atomic E-state index is -1.59. The zero-order valence-corrected chi connectivity index (χ0v) is 12.9. The van der Waals surface area contributed by atoms with Crippen LogP contribution in [0.2, 0.25) is 0 Å². The first-order valence-electron chi connectivity index (χ1n) is 6.99. The van der Waals surface area contributed by atoms with E-state index < -0.39 is 48.3 Å². The Labute approximate surface area is 136 Å². The van der Waals surface area contributed by atoms with Crippen LogP contribution in [0, 0.1) is 0 Å². The molecule has 0 saturated heterocycles. The molecule has 0 aromatic carbocycles. The van der Waals surface area contributed by atoms with Crippen molar-refractivity contribution in [3.05, 3.63) is 18.2 Å². The summed E-state index contributed by atoms with van der Waals surface area (Å²) >= 11 is 0. The molecule has 0 unspecified atom stereocenters. The summed E-state index contributed by atoms with van der Waals surface area (Å²) < 4.78 is 0. The van der Waals surface area contributed by atoms with Crippen LogP contribution >= 0.6 is 0 Å². The standard InChI is InChI=1S/C13H19N5O6/c1-6(11(21)18-9(13(23)24)3-10(19)20)17-12(22)8(14)2-7-4-15-5-16-7/h4-6,8-9H,2-3,14H2,1H3,(H,15,16)(H,17,22)(H,18,21)(H,19,20)(H,23,24)/t6-,8-,9-/m0/s1. The lowest BCUT2D eigenvalue weighted by Crippen LogP contribution is -2.53. The largest absolute Gasteiger partial charge is 0.481 e. The fourth-order valence-electron chi connectivity index (χ4n) is 1.78. The molecule has 1 aromatic heterocycles. The Morgan fingerprint density at radius 1 is 1.25 bits per heavy atom. The Morgan fingerprint density at radius 2 is 1.92 bits per heavy atom. The predicted molar refractivity (Wildman–Crippen MR) is 79.7 cm³/mol. The lowest BCUT2D eigenvalue weighted by molar-refractivity contribution is -0.147. The van der Waals surface area contributed by atoms with Gasteiger partial charge in [0.1, 0.15) is 12.1 Å². The normalized spacial score (nSPS) is 14.2. The van der Waals surface area contributed by atoms with Crippen molar-refractivity contribution < 1.29 is 29.4 Å². The third kappa shape index (κ3) is 6.04. The highest BCUT2D eigenvalue weighted by Crippen LogP contribution is 1.98. The van der Waals surface area contributed by atoms with Crippen molar-refractivity contribution >= 4 is 23.8 Å². The Morgan fingerprint density at radius 3 is 2.42 bits per heavy atom. The van der Waals surface area contributed by atoms with Gasteiger partial charge >= 0.3 is 11.9 Å². The van der Waals surface area contributed by atoms with Gasteiger partial charge in [-0.2, -0.15) is 0 Å². The van der Waals surface area contributed by atoms with Crippen LogP contribution in [0.5, 0.6) is 0 Å². The zero-order chi connectivity index (χ0) is 18.3. The second-order valence-corrected chi connectivity index (χ2v) is 5.12. The molecule has 132 valence electrons. The number of H-pyrrole nitrogens is 1. The maximum atomic E-state index is 11.9. The molecule has 0 aliphatic heterocycles. The Kier molecular flexibility index (Phi) is 6.86. The van der Waals surface area contributed by atoms with Gasteiger partial charge in [-0.3, -0.25) is 14.4 Å². The number of nitrogens with one attached hydrogen (secondary N) is 3. The number of carboxylic acid groups (broad SMARTS) is 2. The fraction of sp³-hybridized carbons (Fsp3) is 0.462. The minimum absolute atomic E-state index is 0.178. The number of carbonyl (C=O) groups is 4. The Hall–Kier alpha value is -2.95. The smallest absolute Gasteiger partial charge is 0.326 e. The number of amides is 2. The average Bonchev–Trinajstić information content (AvgIpc) is 2.98. The highest BCUT2D eigenvalue weighted by atomic mass is 16.4. The molecule has 0 aliphatic rings. The molecule has 0 bridgehead atoms. The van der Waals surface area contributed by atoms with Gasteiger partial charge < -0.3 is 31.6 Å². The molecule has 1 heterocycles. The molecular formula is C13H19N5O6. The number of nitrogens with two attached hydrogens (primary N) is 1. The van der Waals surface area contributed by atoms with Crippen LogP contribution in [-0.4, -0.2) is 62.1 Å². The molecule has 1 rings (SSSR count). The van der Waals surface area contributed by atoms with Crippen molar-refractivity contribution in [1.82, 2.24) is 20.6 Å². The summed E-state index contributed by atoms with van der Waals surface area (Å²) in [6.07, 6.45) is 2.34. The first kappa shape index (κ1) is 19.1. The molecule has 0 spiro atoms. The molecule has 11 nitrogen and oxygen atoms in total. The molecule has 3 atom stereocenters. The van der Waals surface area contributed by atoms with Gasteiger partial charge in [0.05, 0.1) is 18.8 Å². The fourth-order valence-corrected chi connectivity index (χ4v) is 1.78. The molecule has 0 saturated carbocycles. The number of imidazole rings is 1. The molecule has 7 N–H and O–H groups in total. The van der Waals surface area contributed by atoms with Gasteiger partial charge in [-0.05, 0) is 6.92 Å². The lowest BCUT2D eigenvalue weighted by atomic mass is 10.1. The van der Waals surface area contributed by atoms with Gasteiger partial charge in [0, 0.05) is 18.3 Å². The van der Waals surface area contributed by atoms with E-state index in [-0.39, 0.29) is 6.42 Å². The van der Waals surface area contributed by atoms with E-state index in [1.54, 1.807) is 0 Å². The summed E-state index contributed by atoms with van der Waals surface area (Å²) in [5, 5.41) is 21.9. The quantitative estimate of drug-likeness (QED) is 0.292. The van der Waals surface area contributed by atoms with Crippen molar-refractivity contribution in [2.45, 2.75) is 37.9 Å². The van der Waals surface area contributed by atoms with Crippen molar-refractivity contribution in [2.24, 2.45) is 5.73 Å². The van der Waals surface area contributed by atoms with Gasteiger partial charge in [0.15, 0.2) is 0 Å². The SMILES string of the molecule is C[C@H](NC(=O)[C@@H](N)Cc1cnc[nH]1)C(=O)N[C@@H](CC(=O)O)C(=O)O. The Bertz CT molecular complexity index is 602. The number of hydrogen-bond donors (Lipinski definition) is 6. The molecule has 24 heavy (non-hydrogen) atoms. The summed E-state index contributed by atoms with van der Waals surface area (Å²) in [6, 6.07) is -3.61. The summed E-state index contributed by atoms with van der Waals surface area (Å²) in [5.74, 6) is -4.30. The molecular weight excluding hydrogens is 322 g/mol. The van der Waals surface area contributed by atoms with Crippen LogP contribution in [0.25, 0.3) is 0 Å². The third-order valence-electron chi connectivity index (χ3n) is 3.08. The van der Waals surface area contributed by atoms with E-state index in [9.17, 15) is 19.2 Å². The van der Waals surface area contributed by atoms with Crippen molar-refractivity contribution in [1.29, 1.82) is 0 Å². The van der Waals surface area contributed by atoms with Crippen LogP contribution in [-0.2, 0) is 25.6 Å². The maximum absolute atomic E-state index is 11.9. The zero-order valence-electron chi connectivity index (χ0n) is 12.9. The predicted octanol–water partition coefficient (Wildman–Crippen LogP) is -2.17. The van der Waals surface area contributed by atoms with Crippen LogP contribution < -0.4 is 16.4 Å². The van der Waals surface area contributed by atoms with Gasteiger partial charge in [0.2, 0.25) is 11.8 Å². The monoisotopic (exact) mass is 341 g/mol. The molecule has 1 aromatic rings. The molecule has 11 heteroatoms. The summed E-state index contributed by atoms with van der Waals surface area (Å²) in [4.78, 5) is 51.8.